The molecule has 0 atom stereocenters. The second-order valence-electron chi connectivity index (χ2n) is 7.53. The van der Waals surface area contributed by atoms with Crippen molar-refractivity contribution < 1.29 is 14.3 Å². The smallest absolute Gasteiger partial charge is 0.253 e. The van der Waals surface area contributed by atoms with Gasteiger partial charge in [0.15, 0.2) is 5.11 Å². The predicted octanol–water partition coefficient (Wildman–Crippen LogP) is 4.14. The Morgan fingerprint density at radius 2 is 1.73 bits per heavy atom. The summed E-state index contributed by atoms with van der Waals surface area (Å²) in [6.45, 7) is 8.24. The third-order valence-electron chi connectivity index (χ3n) is 3.76. The molecule has 0 saturated carbocycles. The lowest BCUT2D eigenvalue weighted by molar-refractivity contribution is -0.115. The van der Waals surface area contributed by atoms with E-state index in [0.717, 1.165) is 11.3 Å². The average Bonchev–Trinajstić information content (AvgIpc) is 2.66. The van der Waals surface area contributed by atoms with E-state index in [0.29, 0.717) is 17.9 Å². The quantitative estimate of drug-likeness (QED) is 0.479. The van der Waals surface area contributed by atoms with Gasteiger partial charge in [0.2, 0.25) is 5.91 Å². The maximum atomic E-state index is 12.5. The molecule has 0 heterocycles. The molecule has 0 unspecified atom stereocenters. The highest BCUT2D eigenvalue weighted by atomic mass is 32.1. The molecule has 0 radical (unpaired) electrons. The van der Waals surface area contributed by atoms with E-state index in [9.17, 15) is 9.59 Å². The van der Waals surface area contributed by atoms with Crippen LogP contribution in [0.2, 0.25) is 0 Å². The van der Waals surface area contributed by atoms with E-state index in [4.69, 9.17) is 17.0 Å². The first-order chi connectivity index (χ1) is 14.2. The summed E-state index contributed by atoms with van der Waals surface area (Å²) in [6.07, 6.45) is 3.07. The molecular weight excluding hydrogens is 398 g/mol. The fourth-order valence-corrected chi connectivity index (χ4v) is 2.73. The van der Waals surface area contributed by atoms with Crippen LogP contribution in [0.15, 0.2) is 54.6 Å². The van der Waals surface area contributed by atoms with Crippen molar-refractivity contribution in [2.45, 2.75) is 33.2 Å². The van der Waals surface area contributed by atoms with Crippen LogP contribution in [0.1, 0.15) is 43.6 Å². The van der Waals surface area contributed by atoms with Crippen LogP contribution in [0, 0.1) is 0 Å². The number of carbonyl (C=O) groups is 2. The van der Waals surface area contributed by atoms with Crippen molar-refractivity contribution in [3.8, 4) is 5.75 Å². The normalized spacial score (nSPS) is 11.1. The first-order valence-electron chi connectivity index (χ1n) is 9.62. The van der Waals surface area contributed by atoms with Crippen molar-refractivity contribution in [1.82, 2.24) is 10.6 Å². The Hall–Kier alpha value is -3.19. The van der Waals surface area contributed by atoms with Gasteiger partial charge in [-0.05, 0) is 75.8 Å². The summed E-state index contributed by atoms with van der Waals surface area (Å²) < 4.78 is 5.39. The van der Waals surface area contributed by atoms with Crippen LogP contribution < -0.4 is 20.7 Å². The monoisotopic (exact) mass is 425 g/mol. The summed E-state index contributed by atoms with van der Waals surface area (Å²) in [5.74, 6) is 0.173. The molecule has 30 heavy (non-hydrogen) atoms. The SMILES string of the molecule is CCOc1ccc(/C=C/C(=O)NC(=S)Nc2ccccc2C(=O)NC(C)(C)C)cc1. The number of ether oxygens (including phenoxy) is 1. The van der Waals surface area contributed by atoms with Crippen LogP contribution >= 0.6 is 12.2 Å². The van der Waals surface area contributed by atoms with Crippen molar-refractivity contribution in [3.63, 3.8) is 0 Å². The van der Waals surface area contributed by atoms with Gasteiger partial charge in [-0.3, -0.25) is 14.9 Å². The highest BCUT2D eigenvalue weighted by molar-refractivity contribution is 7.80. The molecule has 2 aromatic carbocycles. The number of amides is 2. The number of rotatable bonds is 6. The fourth-order valence-electron chi connectivity index (χ4n) is 2.52. The molecule has 2 rings (SSSR count). The van der Waals surface area contributed by atoms with Gasteiger partial charge >= 0.3 is 0 Å². The summed E-state index contributed by atoms with van der Waals surface area (Å²) in [5, 5.41) is 8.51. The van der Waals surface area contributed by atoms with Crippen LogP contribution in [0.5, 0.6) is 5.75 Å². The van der Waals surface area contributed by atoms with Crippen LogP contribution in [0.3, 0.4) is 0 Å². The lowest BCUT2D eigenvalue weighted by atomic mass is 10.1. The topological polar surface area (TPSA) is 79.5 Å². The van der Waals surface area contributed by atoms with Gasteiger partial charge in [0.05, 0.1) is 17.9 Å². The summed E-state index contributed by atoms with van der Waals surface area (Å²) in [6, 6.07) is 14.4. The number of benzene rings is 2. The predicted molar refractivity (Wildman–Crippen MR) is 125 cm³/mol. The Kier molecular flexibility index (Phi) is 8.12. The highest BCUT2D eigenvalue weighted by Gasteiger charge is 2.18. The van der Waals surface area contributed by atoms with E-state index in [2.05, 4.69) is 16.0 Å². The molecule has 2 aromatic rings. The summed E-state index contributed by atoms with van der Waals surface area (Å²) in [4.78, 5) is 24.7. The zero-order chi connectivity index (χ0) is 22.1. The van der Waals surface area contributed by atoms with Crippen LogP contribution in [0.25, 0.3) is 6.08 Å². The Morgan fingerprint density at radius 1 is 1.07 bits per heavy atom. The number of carbonyl (C=O) groups excluding carboxylic acids is 2. The van der Waals surface area contributed by atoms with Crippen LogP contribution in [-0.2, 0) is 4.79 Å². The van der Waals surface area contributed by atoms with Gasteiger partial charge in [-0.2, -0.15) is 0 Å². The zero-order valence-electron chi connectivity index (χ0n) is 17.6. The molecule has 0 bridgehead atoms. The summed E-state index contributed by atoms with van der Waals surface area (Å²) in [5.41, 5.74) is 1.44. The fraction of sp³-hybridized carbons (Fsp3) is 0.261. The molecule has 3 N–H and O–H groups in total. The number of thiocarbonyl (C=S) groups is 1. The van der Waals surface area contributed by atoms with Crippen molar-refractivity contribution in [2.75, 3.05) is 11.9 Å². The Balaban J connectivity index is 1.97. The van der Waals surface area contributed by atoms with Gasteiger partial charge in [0, 0.05) is 11.6 Å². The largest absolute Gasteiger partial charge is 0.494 e. The Labute approximate surface area is 182 Å². The van der Waals surface area contributed by atoms with E-state index >= 15 is 0 Å². The first kappa shape index (κ1) is 23.1. The third kappa shape index (κ3) is 7.67. The van der Waals surface area contributed by atoms with Crippen molar-refractivity contribution in [2.24, 2.45) is 0 Å². The molecule has 0 fully saturated rings. The van der Waals surface area contributed by atoms with E-state index in [1.165, 1.54) is 6.08 Å². The van der Waals surface area contributed by atoms with E-state index in [-0.39, 0.29) is 22.5 Å². The van der Waals surface area contributed by atoms with Gasteiger partial charge in [0.1, 0.15) is 5.75 Å². The van der Waals surface area contributed by atoms with E-state index < -0.39 is 0 Å². The average molecular weight is 426 g/mol. The minimum Gasteiger partial charge on any atom is -0.494 e. The molecule has 2 amide bonds. The molecular formula is C23H27N3O3S. The standard InChI is InChI=1S/C23H27N3O3S/c1-5-29-17-13-10-16(11-14-17)12-15-20(27)25-22(30)24-19-9-7-6-8-18(19)21(28)26-23(2,3)4/h6-15H,5H2,1-4H3,(H,26,28)(H2,24,25,27,30)/b15-12+. The van der Waals surface area contributed by atoms with Gasteiger partial charge in [-0.25, -0.2) is 0 Å². The maximum absolute atomic E-state index is 12.5. The molecule has 7 heteroatoms. The number of hydrogen-bond donors (Lipinski definition) is 3. The van der Waals surface area contributed by atoms with Crippen molar-refractivity contribution in [1.29, 1.82) is 0 Å². The number of anilines is 1. The summed E-state index contributed by atoms with van der Waals surface area (Å²) in [7, 11) is 0. The highest BCUT2D eigenvalue weighted by Crippen LogP contribution is 2.16. The molecule has 0 aliphatic rings. The van der Waals surface area contributed by atoms with Crippen molar-refractivity contribution >= 4 is 40.9 Å². The third-order valence-corrected chi connectivity index (χ3v) is 3.97. The Morgan fingerprint density at radius 3 is 2.37 bits per heavy atom. The number of hydrogen-bond acceptors (Lipinski definition) is 4. The van der Waals surface area contributed by atoms with Gasteiger partial charge in [0.25, 0.3) is 5.91 Å². The molecule has 0 aromatic heterocycles. The van der Waals surface area contributed by atoms with Gasteiger partial charge in [-0.1, -0.05) is 24.3 Å². The minimum absolute atomic E-state index is 0.104. The molecule has 0 aliphatic heterocycles. The van der Waals surface area contributed by atoms with E-state index in [1.54, 1.807) is 30.3 Å². The lowest BCUT2D eigenvalue weighted by Gasteiger charge is -2.21. The molecule has 6 nitrogen and oxygen atoms in total. The van der Waals surface area contributed by atoms with Gasteiger partial charge in [-0.15, -0.1) is 0 Å². The molecule has 0 aliphatic carbocycles. The number of para-hydroxylation sites is 1. The Bertz CT molecular complexity index is 931. The van der Waals surface area contributed by atoms with Gasteiger partial charge < -0.3 is 15.4 Å². The van der Waals surface area contributed by atoms with Crippen LogP contribution in [-0.4, -0.2) is 29.1 Å². The molecule has 0 saturated heterocycles. The summed E-state index contributed by atoms with van der Waals surface area (Å²) >= 11 is 5.22. The molecule has 0 spiro atoms. The maximum Gasteiger partial charge on any atom is 0.253 e. The second-order valence-corrected chi connectivity index (χ2v) is 7.94. The van der Waals surface area contributed by atoms with Crippen LogP contribution in [0.4, 0.5) is 5.69 Å². The van der Waals surface area contributed by atoms with Crippen molar-refractivity contribution in [3.05, 3.63) is 65.7 Å². The second kappa shape index (κ2) is 10.5. The lowest BCUT2D eigenvalue weighted by Crippen LogP contribution is -2.41. The van der Waals surface area contributed by atoms with E-state index in [1.807, 2.05) is 52.0 Å². The first-order valence-corrected chi connectivity index (χ1v) is 10.0. The number of nitrogens with one attached hydrogen (secondary N) is 3. The minimum atomic E-state index is -0.377. The zero-order valence-corrected chi connectivity index (χ0v) is 18.4. The molecule has 158 valence electrons.